The van der Waals surface area contributed by atoms with E-state index in [4.69, 9.17) is 0 Å². The predicted octanol–water partition coefficient (Wildman–Crippen LogP) is 9.61. The molecule has 0 amide bonds. The van der Waals surface area contributed by atoms with Crippen LogP contribution in [0.3, 0.4) is 0 Å². The van der Waals surface area contributed by atoms with Crippen LogP contribution in [0.1, 0.15) is 43.7 Å². The van der Waals surface area contributed by atoms with E-state index in [2.05, 4.69) is 166 Å². The molecule has 200 valence electrons. The molecule has 0 aromatic heterocycles. The summed E-state index contributed by atoms with van der Waals surface area (Å²) in [5, 5.41) is 6.81. The predicted molar refractivity (Wildman–Crippen MR) is 178 cm³/mol. The molecular formula is C38H40SiZr. The van der Waals surface area contributed by atoms with E-state index in [1.54, 1.807) is 0 Å². The van der Waals surface area contributed by atoms with E-state index in [1.807, 2.05) is 9.85 Å². The molecule has 0 unspecified atom stereocenters. The van der Waals surface area contributed by atoms with Gasteiger partial charge in [0.1, 0.15) is 0 Å². The van der Waals surface area contributed by atoms with Crippen molar-refractivity contribution in [3.63, 3.8) is 0 Å². The molecule has 0 saturated heterocycles. The van der Waals surface area contributed by atoms with Crippen LogP contribution in [0.25, 0.3) is 21.5 Å². The fraction of sp³-hybridized carbons (Fsp3) is 0.132. The van der Waals surface area contributed by atoms with Crippen LogP contribution in [-0.2, 0) is 26.2 Å². The molecule has 0 N–H and O–H groups in total. The molecule has 0 aliphatic heterocycles. The molecule has 0 fully saturated rings. The summed E-state index contributed by atoms with van der Waals surface area (Å²) in [6.07, 6.45) is 6.83. The minimum atomic E-state index is 0. The zero-order valence-corrected chi connectivity index (χ0v) is 27.5. The summed E-state index contributed by atoms with van der Waals surface area (Å²) in [5.41, 5.74) is 2.68. The van der Waals surface area contributed by atoms with E-state index in [9.17, 15) is 0 Å². The van der Waals surface area contributed by atoms with Gasteiger partial charge in [0, 0.05) is 0 Å². The second-order valence-corrected chi connectivity index (χ2v) is 10.1. The summed E-state index contributed by atoms with van der Waals surface area (Å²) in [5.74, 6) is 0. The molecule has 6 aromatic rings. The smallest absolute Gasteiger partial charge is 0.343 e. The Morgan fingerprint density at radius 1 is 0.675 bits per heavy atom. The summed E-state index contributed by atoms with van der Waals surface area (Å²) in [4.78, 5) is 0. The molecule has 0 aliphatic rings. The molecule has 0 spiro atoms. The Labute approximate surface area is 264 Å². The Bertz CT molecular complexity index is 1330. The molecule has 40 heavy (non-hydrogen) atoms. The van der Waals surface area contributed by atoms with E-state index in [0.717, 1.165) is 19.3 Å². The number of hydrogen-bond acceptors (Lipinski definition) is 0. The first kappa shape index (κ1) is 33.1. The maximum atomic E-state index is 3.60. The second kappa shape index (κ2) is 19.9. The minimum Gasteiger partial charge on any atom is -0.343 e. The molecule has 0 aliphatic carbocycles. The van der Waals surface area contributed by atoms with Crippen molar-refractivity contribution in [2.24, 2.45) is 0 Å². The zero-order chi connectivity index (χ0) is 27.5. The molecule has 2 heteroatoms. The van der Waals surface area contributed by atoms with Crippen LogP contribution in [0.2, 0.25) is 0 Å². The van der Waals surface area contributed by atoms with Gasteiger partial charge in [-0.15, -0.1) is 71.4 Å². The van der Waals surface area contributed by atoms with Crippen molar-refractivity contribution >= 4 is 36.6 Å². The number of hydrogen-bond donors (Lipinski definition) is 0. The van der Waals surface area contributed by atoms with Gasteiger partial charge in [0.2, 0.25) is 0 Å². The second-order valence-electron chi connectivity index (χ2n) is 9.29. The Kier molecular flexibility index (Phi) is 16.5. The summed E-state index contributed by atoms with van der Waals surface area (Å²) in [6, 6.07) is 50.5. The van der Waals surface area contributed by atoms with Gasteiger partial charge in [-0.25, -0.2) is 0 Å². The first-order chi connectivity index (χ1) is 19.2. The van der Waals surface area contributed by atoms with Crippen LogP contribution in [-0.4, -0.2) is 15.0 Å². The molecule has 0 atom stereocenters. The molecule has 6 aromatic carbocycles. The van der Waals surface area contributed by atoms with Gasteiger partial charge in [0.25, 0.3) is 0 Å². The van der Waals surface area contributed by atoms with Crippen LogP contribution in [0.4, 0.5) is 0 Å². The SMILES string of the molecule is [CH2-]CCC.[SiH2]=C(CC[CH-]c1ccccc1)c1ccccc1.[Zr+4].c1ccc2[cH-]ccc2c1.c1ccc2[cH-]ccc2c1. The van der Waals surface area contributed by atoms with Gasteiger partial charge in [0.15, 0.2) is 0 Å². The summed E-state index contributed by atoms with van der Waals surface area (Å²) in [6.45, 7) is 5.72. The Balaban J connectivity index is 0.000000207. The average Bonchev–Trinajstić information content (AvgIpc) is 3.69. The van der Waals surface area contributed by atoms with Crippen LogP contribution in [0.15, 0.2) is 146 Å². The van der Waals surface area contributed by atoms with Crippen molar-refractivity contribution in [3.8, 4) is 0 Å². The summed E-state index contributed by atoms with van der Waals surface area (Å²) < 4.78 is 0. The van der Waals surface area contributed by atoms with Crippen LogP contribution in [0, 0.1) is 13.3 Å². The van der Waals surface area contributed by atoms with Gasteiger partial charge < -0.3 is 6.92 Å². The summed E-state index contributed by atoms with van der Waals surface area (Å²) in [7, 11) is 2.00. The van der Waals surface area contributed by atoms with Gasteiger partial charge >= 0.3 is 26.2 Å². The molecule has 0 nitrogen and oxygen atoms in total. The number of benzene rings is 4. The van der Waals surface area contributed by atoms with Gasteiger partial charge in [-0.1, -0.05) is 73.5 Å². The van der Waals surface area contributed by atoms with E-state index < -0.39 is 0 Å². The third-order valence-electron chi connectivity index (χ3n) is 6.26. The minimum absolute atomic E-state index is 0. The quantitative estimate of drug-likeness (QED) is 0.129. The molecule has 0 bridgehead atoms. The van der Waals surface area contributed by atoms with Crippen molar-refractivity contribution in [1.82, 2.24) is 0 Å². The average molecular weight is 616 g/mol. The largest absolute Gasteiger partial charge is 4.00 e. The van der Waals surface area contributed by atoms with Crippen molar-refractivity contribution in [3.05, 3.63) is 170 Å². The van der Waals surface area contributed by atoms with E-state index in [-0.39, 0.29) is 26.2 Å². The van der Waals surface area contributed by atoms with Crippen molar-refractivity contribution < 1.29 is 26.2 Å². The molecule has 0 radical (unpaired) electrons. The molecule has 0 saturated carbocycles. The van der Waals surface area contributed by atoms with Crippen molar-refractivity contribution in [2.45, 2.75) is 32.6 Å². The standard InChI is InChI=1S/C16H17Si.2C9H7.C4H9.Zr/c17-16(15-11-5-2-6-12-15)13-7-10-14-8-3-1-4-9-14;2*1-2-5-9-7-3-6-8(9)4-1;1-3-4-2;/h1-6,8-12H,7,13,17H2;2*1-7H;1,3-4H2,2H3;/q4*-1;+4. The first-order valence-electron chi connectivity index (χ1n) is 13.8. The number of fused-ring (bicyclic) bond motifs is 2. The number of unbranched alkanes of at least 4 members (excludes halogenated alkanes) is 1. The zero-order valence-electron chi connectivity index (χ0n) is 23.7. The van der Waals surface area contributed by atoms with Gasteiger partial charge in [-0.05, 0) is 21.8 Å². The van der Waals surface area contributed by atoms with Gasteiger partial charge in [0.05, 0.1) is 0 Å². The molecular weight excluding hydrogens is 576 g/mol. The maximum absolute atomic E-state index is 3.60. The molecule has 6 rings (SSSR count). The Hall–Kier alpha value is -3.06. The van der Waals surface area contributed by atoms with E-state index >= 15 is 0 Å². The Morgan fingerprint density at radius 2 is 1.12 bits per heavy atom. The van der Waals surface area contributed by atoms with Crippen LogP contribution < -0.4 is 0 Å². The normalized spacial score (nSPS) is 9.55. The van der Waals surface area contributed by atoms with Crippen molar-refractivity contribution in [1.29, 1.82) is 0 Å². The summed E-state index contributed by atoms with van der Waals surface area (Å²) >= 11 is 0. The van der Waals surface area contributed by atoms with Gasteiger partial charge in [-0.3, -0.25) is 0 Å². The van der Waals surface area contributed by atoms with Crippen LogP contribution in [0.5, 0.6) is 0 Å². The van der Waals surface area contributed by atoms with E-state index in [0.29, 0.717) is 0 Å². The third-order valence-corrected chi connectivity index (χ3v) is 7.02. The van der Waals surface area contributed by atoms with Crippen LogP contribution >= 0.6 is 0 Å². The maximum Gasteiger partial charge on any atom is 4.00 e. The Morgan fingerprint density at radius 3 is 1.60 bits per heavy atom. The van der Waals surface area contributed by atoms with Gasteiger partial charge in [-0.2, -0.15) is 65.6 Å². The first-order valence-corrected chi connectivity index (χ1v) is 14.5. The fourth-order valence-corrected chi connectivity index (χ4v) is 4.40. The third kappa shape index (κ3) is 12.0. The monoisotopic (exact) mass is 614 g/mol. The molecule has 0 heterocycles. The van der Waals surface area contributed by atoms with Crippen molar-refractivity contribution in [2.75, 3.05) is 0 Å². The van der Waals surface area contributed by atoms with E-state index in [1.165, 1.54) is 44.3 Å². The topological polar surface area (TPSA) is 0 Å². The number of rotatable bonds is 6. The fourth-order valence-electron chi connectivity index (χ4n) is 3.96.